The Morgan fingerprint density at radius 2 is 2.15 bits per heavy atom. The third kappa shape index (κ3) is 5.54. The largest absolute Gasteiger partial charge is 0.496 e. The number of non-ortho nitro benzene ring substituents is 1. The van der Waals surface area contributed by atoms with Crippen molar-refractivity contribution in [3.8, 4) is 5.75 Å². The maximum atomic E-state index is 10.8. The number of nitro benzene ring substituents is 1. The van der Waals surface area contributed by atoms with Gasteiger partial charge in [-0.1, -0.05) is 13.3 Å². The molecule has 0 aliphatic carbocycles. The van der Waals surface area contributed by atoms with Crippen molar-refractivity contribution in [1.82, 2.24) is 5.32 Å². The molecule has 1 aromatic rings. The predicted octanol–water partition coefficient (Wildman–Crippen LogP) is 2.51. The number of hydrogen-bond donors (Lipinski definition) is 1. The highest BCUT2D eigenvalue weighted by atomic mass is 16.6. The highest BCUT2D eigenvalue weighted by molar-refractivity contribution is 5.43. The van der Waals surface area contributed by atoms with Gasteiger partial charge in [0.05, 0.1) is 18.6 Å². The summed E-state index contributed by atoms with van der Waals surface area (Å²) in [5, 5.41) is 13.9. The molecule has 0 bridgehead atoms. The van der Waals surface area contributed by atoms with Crippen LogP contribution in [-0.2, 0) is 11.3 Å². The smallest absolute Gasteiger partial charge is 0.270 e. The highest BCUT2D eigenvalue weighted by Crippen LogP contribution is 2.23. The standard InChI is InChI=1S/C14H22N2O4/c1-3-4-8-20-9-7-15-11-12-10-13(16(17)18)5-6-14(12)19-2/h5-6,10,15H,3-4,7-9,11H2,1-2H3. The number of ether oxygens (including phenoxy) is 2. The second-order valence-electron chi connectivity index (χ2n) is 4.40. The Bertz CT molecular complexity index is 424. The van der Waals surface area contributed by atoms with Gasteiger partial charge in [-0.05, 0) is 12.5 Å². The van der Waals surface area contributed by atoms with Gasteiger partial charge in [-0.3, -0.25) is 10.1 Å². The monoisotopic (exact) mass is 282 g/mol. The SMILES string of the molecule is CCCCOCCNCc1cc([N+](=O)[O-])ccc1OC. The molecule has 0 saturated carbocycles. The van der Waals surface area contributed by atoms with Crippen molar-refractivity contribution in [2.24, 2.45) is 0 Å². The topological polar surface area (TPSA) is 73.6 Å². The maximum Gasteiger partial charge on any atom is 0.270 e. The summed E-state index contributed by atoms with van der Waals surface area (Å²) in [5.74, 6) is 0.648. The molecule has 0 unspecified atom stereocenters. The summed E-state index contributed by atoms with van der Waals surface area (Å²) < 4.78 is 10.6. The summed E-state index contributed by atoms with van der Waals surface area (Å²) in [7, 11) is 1.55. The molecule has 1 rings (SSSR count). The Hall–Kier alpha value is -1.66. The second kappa shape index (κ2) is 9.28. The average molecular weight is 282 g/mol. The van der Waals surface area contributed by atoms with Crippen molar-refractivity contribution in [2.75, 3.05) is 26.9 Å². The first-order chi connectivity index (χ1) is 9.69. The van der Waals surface area contributed by atoms with Crippen molar-refractivity contribution < 1.29 is 14.4 Å². The van der Waals surface area contributed by atoms with E-state index in [1.54, 1.807) is 13.2 Å². The number of nitrogens with one attached hydrogen (secondary N) is 1. The van der Waals surface area contributed by atoms with Gasteiger partial charge in [0.25, 0.3) is 5.69 Å². The summed E-state index contributed by atoms with van der Waals surface area (Å²) >= 11 is 0. The summed E-state index contributed by atoms with van der Waals surface area (Å²) in [6, 6.07) is 4.59. The number of benzene rings is 1. The number of methoxy groups -OCH3 is 1. The van der Waals surface area contributed by atoms with Crippen LogP contribution >= 0.6 is 0 Å². The molecule has 1 aromatic carbocycles. The molecular weight excluding hydrogens is 260 g/mol. The van der Waals surface area contributed by atoms with Crippen LogP contribution in [0.5, 0.6) is 5.75 Å². The minimum Gasteiger partial charge on any atom is -0.496 e. The quantitative estimate of drug-likeness (QED) is 0.405. The summed E-state index contributed by atoms with van der Waals surface area (Å²) in [6.45, 7) is 4.75. The van der Waals surface area contributed by atoms with Crippen LogP contribution in [0.25, 0.3) is 0 Å². The first-order valence-electron chi connectivity index (χ1n) is 6.78. The molecule has 0 heterocycles. The van der Waals surface area contributed by atoms with Crippen molar-refractivity contribution >= 4 is 5.69 Å². The molecule has 0 radical (unpaired) electrons. The molecule has 20 heavy (non-hydrogen) atoms. The van der Waals surface area contributed by atoms with Gasteiger partial charge in [-0.15, -0.1) is 0 Å². The highest BCUT2D eigenvalue weighted by Gasteiger charge is 2.10. The van der Waals surface area contributed by atoms with E-state index in [-0.39, 0.29) is 5.69 Å². The van der Waals surface area contributed by atoms with Crippen LogP contribution in [0, 0.1) is 10.1 Å². The van der Waals surface area contributed by atoms with E-state index in [1.165, 1.54) is 12.1 Å². The van der Waals surface area contributed by atoms with E-state index in [0.717, 1.165) is 25.0 Å². The van der Waals surface area contributed by atoms with Gasteiger partial charge in [-0.2, -0.15) is 0 Å². The molecule has 0 aliphatic rings. The number of nitro groups is 1. The van der Waals surface area contributed by atoms with Crippen molar-refractivity contribution in [3.05, 3.63) is 33.9 Å². The fourth-order valence-electron chi connectivity index (χ4n) is 1.73. The van der Waals surface area contributed by atoms with Gasteiger partial charge in [-0.25, -0.2) is 0 Å². The average Bonchev–Trinajstić information content (AvgIpc) is 2.46. The molecule has 0 saturated heterocycles. The van der Waals surface area contributed by atoms with E-state index in [0.29, 0.717) is 25.4 Å². The van der Waals surface area contributed by atoms with Crippen LogP contribution in [0.4, 0.5) is 5.69 Å². The Morgan fingerprint density at radius 3 is 2.80 bits per heavy atom. The number of nitrogens with zero attached hydrogens (tertiary/aromatic N) is 1. The normalized spacial score (nSPS) is 10.5. The number of hydrogen-bond acceptors (Lipinski definition) is 5. The lowest BCUT2D eigenvalue weighted by Crippen LogP contribution is -2.20. The zero-order valence-corrected chi connectivity index (χ0v) is 12.1. The van der Waals surface area contributed by atoms with Crippen LogP contribution in [0.1, 0.15) is 25.3 Å². The van der Waals surface area contributed by atoms with E-state index >= 15 is 0 Å². The third-order valence-corrected chi connectivity index (χ3v) is 2.86. The van der Waals surface area contributed by atoms with Gasteiger partial charge in [0.15, 0.2) is 0 Å². The van der Waals surface area contributed by atoms with Crippen molar-refractivity contribution in [3.63, 3.8) is 0 Å². The van der Waals surface area contributed by atoms with Gasteiger partial charge in [0, 0.05) is 37.4 Å². The first-order valence-corrected chi connectivity index (χ1v) is 6.78. The minimum absolute atomic E-state index is 0.0711. The molecule has 0 atom stereocenters. The lowest BCUT2D eigenvalue weighted by atomic mass is 10.1. The van der Waals surface area contributed by atoms with Crippen LogP contribution < -0.4 is 10.1 Å². The molecule has 0 fully saturated rings. The van der Waals surface area contributed by atoms with E-state index in [4.69, 9.17) is 9.47 Å². The maximum absolute atomic E-state index is 10.8. The van der Waals surface area contributed by atoms with Crippen molar-refractivity contribution in [1.29, 1.82) is 0 Å². The molecule has 0 aliphatic heterocycles. The minimum atomic E-state index is -0.406. The first kappa shape index (κ1) is 16.4. The Labute approximate surface area is 119 Å². The molecule has 112 valence electrons. The lowest BCUT2D eigenvalue weighted by molar-refractivity contribution is -0.384. The third-order valence-electron chi connectivity index (χ3n) is 2.86. The molecule has 1 N–H and O–H groups in total. The van der Waals surface area contributed by atoms with Crippen LogP contribution in [-0.4, -0.2) is 31.8 Å². The Balaban J connectivity index is 2.41. The van der Waals surface area contributed by atoms with Crippen LogP contribution in [0.2, 0.25) is 0 Å². The number of unbranched alkanes of at least 4 members (excludes halogenated alkanes) is 1. The Kier molecular flexibility index (Phi) is 7.60. The number of rotatable bonds is 10. The second-order valence-corrected chi connectivity index (χ2v) is 4.40. The zero-order valence-electron chi connectivity index (χ0n) is 12.1. The van der Waals surface area contributed by atoms with Crippen LogP contribution in [0.3, 0.4) is 0 Å². The van der Waals surface area contributed by atoms with Crippen LogP contribution in [0.15, 0.2) is 18.2 Å². The molecule has 6 nitrogen and oxygen atoms in total. The van der Waals surface area contributed by atoms with Gasteiger partial charge >= 0.3 is 0 Å². The van der Waals surface area contributed by atoms with E-state index in [2.05, 4.69) is 12.2 Å². The molecule has 0 spiro atoms. The van der Waals surface area contributed by atoms with E-state index < -0.39 is 4.92 Å². The lowest BCUT2D eigenvalue weighted by Gasteiger charge is -2.10. The zero-order chi connectivity index (χ0) is 14.8. The van der Waals surface area contributed by atoms with Crippen molar-refractivity contribution in [2.45, 2.75) is 26.3 Å². The summed E-state index contributed by atoms with van der Waals surface area (Å²) in [6.07, 6.45) is 2.19. The predicted molar refractivity (Wildman–Crippen MR) is 77.1 cm³/mol. The van der Waals surface area contributed by atoms with E-state index in [1.807, 2.05) is 0 Å². The van der Waals surface area contributed by atoms with Gasteiger partial charge < -0.3 is 14.8 Å². The fraction of sp³-hybridized carbons (Fsp3) is 0.571. The van der Waals surface area contributed by atoms with E-state index in [9.17, 15) is 10.1 Å². The fourth-order valence-corrected chi connectivity index (χ4v) is 1.73. The van der Waals surface area contributed by atoms with Gasteiger partial charge in [0.2, 0.25) is 0 Å². The Morgan fingerprint density at radius 1 is 1.35 bits per heavy atom. The molecule has 6 heteroatoms. The summed E-state index contributed by atoms with van der Waals surface area (Å²) in [5.41, 5.74) is 0.844. The van der Waals surface area contributed by atoms with Gasteiger partial charge in [0.1, 0.15) is 5.75 Å². The molecule has 0 amide bonds. The molecular formula is C14H22N2O4. The molecule has 0 aromatic heterocycles. The summed E-state index contributed by atoms with van der Waals surface area (Å²) in [4.78, 5) is 10.3.